The molecule has 2 bridgehead atoms. The van der Waals surface area contributed by atoms with Crippen molar-refractivity contribution in [2.45, 2.75) is 46.6 Å². The van der Waals surface area contributed by atoms with E-state index in [1.54, 1.807) is 0 Å². The van der Waals surface area contributed by atoms with E-state index in [4.69, 9.17) is 4.74 Å². The summed E-state index contributed by atoms with van der Waals surface area (Å²) >= 11 is 0. The van der Waals surface area contributed by atoms with Crippen molar-refractivity contribution in [3.05, 3.63) is 0 Å². The highest BCUT2D eigenvalue weighted by Gasteiger charge is 2.67. The lowest BCUT2D eigenvalue weighted by Crippen LogP contribution is -2.40. The van der Waals surface area contributed by atoms with Crippen LogP contribution in [0.3, 0.4) is 0 Å². The predicted molar refractivity (Wildman–Crippen MR) is 55.2 cm³/mol. The quantitative estimate of drug-likeness (QED) is 0.621. The third-order valence-electron chi connectivity index (χ3n) is 4.76. The SMILES string of the molecule is CC(=O)O[C@@H]1C(=O)[C@@H]2CC[C@@]1(C)C2(C)C. The van der Waals surface area contributed by atoms with Gasteiger partial charge in [0.05, 0.1) is 0 Å². The molecule has 2 fully saturated rings. The second kappa shape index (κ2) is 2.83. The molecule has 3 nitrogen and oxygen atoms in total. The molecule has 0 unspecified atom stereocenters. The highest BCUT2D eigenvalue weighted by atomic mass is 16.5. The first-order valence-electron chi connectivity index (χ1n) is 5.51. The van der Waals surface area contributed by atoms with Crippen molar-refractivity contribution < 1.29 is 14.3 Å². The number of ketones is 1. The average Bonchev–Trinajstić information content (AvgIpc) is 2.39. The lowest BCUT2D eigenvalue weighted by molar-refractivity contribution is -0.160. The van der Waals surface area contributed by atoms with E-state index < -0.39 is 6.10 Å². The molecular weight excluding hydrogens is 192 g/mol. The molecule has 2 aliphatic rings. The molecule has 0 amide bonds. The molecule has 0 aliphatic heterocycles. The van der Waals surface area contributed by atoms with Gasteiger partial charge in [-0.3, -0.25) is 9.59 Å². The van der Waals surface area contributed by atoms with Crippen molar-refractivity contribution in [2.75, 3.05) is 0 Å². The number of hydrogen-bond donors (Lipinski definition) is 0. The number of esters is 1. The van der Waals surface area contributed by atoms with Gasteiger partial charge in [-0.05, 0) is 18.3 Å². The molecule has 0 spiro atoms. The van der Waals surface area contributed by atoms with Crippen molar-refractivity contribution in [3.8, 4) is 0 Å². The maximum atomic E-state index is 12.0. The lowest BCUT2D eigenvalue weighted by atomic mass is 9.70. The van der Waals surface area contributed by atoms with E-state index in [9.17, 15) is 9.59 Å². The summed E-state index contributed by atoms with van der Waals surface area (Å²) in [5, 5.41) is 0. The zero-order chi connectivity index (χ0) is 11.4. The van der Waals surface area contributed by atoms with E-state index in [0.717, 1.165) is 12.8 Å². The number of ether oxygens (including phenoxy) is 1. The molecule has 3 atom stereocenters. The minimum absolute atomic E-state index is 0.0375. The molecule has 0 saturated heterocycles. The molecule has 84 valence electrons. The van der Waals surface area contributed by atoms with Gasteiger partial charge < -0.3 is 4.74 Å². The third-order valence-corrected chi connectivity index (χ3v) is 4.76. The summed E-state index contributed by atoms with van der Waals surface area (Å²) in [6.45, 7) is 7.68. The van der Waals surface area contributed by atoms with Crippen molar-refractivity contribution in [3.63, 3.8) is 0 Å². The lowest BCUT2D eigenvalue weighted by Gasteiger charge is -2.36. The first-order chi connectivity index (χ1) is 6.80. The van der Waals surface area contributed by atoms with Gasteiger partial charge in [0, 0.05) is 18.3 Å². The fourth-order valence-corrected chi connectivity index (χ4v) is 3.34. The third kappa shape index (κ3) is 1.12. The van der Waals surface area contributed by atoms with E-state index >= 15 is 0 Å². The number of hydrogen-bond acceptors (Lipinski definition) is 3. The Kier molecular flexibility index (Phi) is 2.01. The molecule has 0 radical (unpaired) electrons. The maximum absolute atomic E-state index is 12.0. The van der Waals surface area contributed by atoms with Gasteiger partial charge in [-0.25, -0.2) is 0 Å². The molecule has 0 heterocycles. The number of fused-ring (bicyclic) bond motifs is 2. The van der Waals surface area contributed by atoms with Crippen LogP contribution in [0.5, 0.6) is 0 Å². The van der Waals surface area contributed by atoms with Crippen LogP contribution in [0.15, 0.2) is 0 Å². The van der Waals surface area contributed by atoms with Gasteiger partial charge in [0.1, 0.15) is 0 Å². The summed E-state index contributed by atoms with van der Waals surface area (Å²) in [6, 6.07) is 0. The van der Waals surface area contributed by atoms with Crippen molar-refractivity contribution in [2.24, 2.45) is 16.7 Å². The molecule has 2 saturated carbocycles. The molecule has 0 aromatic heterocycles. The van der Waals surface area contributed by atoms with Gasteiger partial charge >= 0.3 is 5.97 Å². The Labute approximate surface area is 90.2 Å². The summed E-state index contributed by atoms with van der Waals surface area (Å²) in [4.78, 5) is 23.0. The van der Waals surface area contributed by atoms with Crippen molar-refractivity contribution in [1.29, 1.82) is 0 Å². The first kappa shape index (κ1) is 10.7. The first-order valence-corrected chi connectivity index (χ1v) is 5.51. The normalized spacial score (nSPS) is 42.0. The molecule has 15 heavy (non-hydrogen) atoms. The average molecular weight is 210 g/mol. The Balaban J connectivity index is 2.36. The van der Waals surface area contributed by atoms with Gasteiger partial charge in [-0.2, -0.15) is 0 Å². The molecule has 0 aromatic carbocycles. The minimum atomic E-state index is -0.510. The second-order valence-corrected chi connectivity index (χ2v) is 5.62. The largest absolute Gasteiger partial charge is 0.454 e. The highest BCUT2D eigenvalue weighted by molar-refractivity contribution is 5.92. The topological polar surface area (TPSA) is 43.4 Å². The molecule has 0 N–H and O–H groups in total. The Bertz CT molecular complexity index is 332. The molecule has 0 aromatic rings. The number of carbonyl (C=O) groups is 2. The molecule has 3 heteroatoms. The highest BCUT2D eigenvalue weighted by Crippen LogP contribution is 2.64. The number of carbonyl (C=O) groups excluding carboxylic acids is 2. The Morgan fingerprint density at radius 2 is 2.00 bits per heavy atom. The van der Waals surface area contributed by atoms with Crippen LogP contribution in [-0.4, -0.2) is 17.9 Å². The van der Waals surface area contributed by atoms with Crippen LogP contribution in [0, 0.1) is 16.7 Å². The summed E-state index contributed by atoms with van der Waals surface area (Å²) in [6.07, 6.45) is 1.41. The van der Waals surface area contributed by atoms with E-state index in [-0.39, 0.29) is 28.5 Å². The van der Waals surface area contributed by atoms with Crippen LogP contribution in [0.1, 0.15) is 40.5 Å². The van der Waals surface area contributed by atoms with E-state index in [0.29, 0.717) is 0 Å². The van der Waals surface area contributed by atoms with Crippen molar-refractivity contribution >= 4 is 11.8 Å². The van der Waals surface area contributed by atoms with Crippen LogP contribution in [0.25, 0.3) is 0 Å². The van der Waals surface area contributed by atoms with Gasteiger partial charge in [0.15, 0.2) is 11.9 Å². The monoisotopic (exact) mass is 210 g/mol. The smallest absolute Gasteiger partial charge is 0.303 e. The Morgan fingerprint density at radius 1 is 1.40 bits per heavy atom. The molecular formula is C12H18O3. The van der Waals surface area contributed by atoms with Crippen LogP contribution in [0.4, 0.5) is 0 Å². The molecule has 2 aliphatic carbocycles. The Morgan fingerprint density at radius 3 is 2.40 bits per heavy atom. The summed E-state index contributed by atoms with van der Waals surface area (Å²) in [5.41, 5.74) is -0.204. The fourth-order valence-electron chi connectivity index (χ4n) is 3.34. The zero-order valence-corrected chi connectivity index (χ0v) is 9.79. The van der Waals surface area contributed by atoms with Gasteiger partial charge in [0.25, 0.3) is 0 Å². The number of Topliss-reactive ketones (excluding diaryl/α,β-unsaturated/α-hetero) is 1. The van der Waals surface area contributed by atoms with E-state index in [1.165, 1.54) is 6.92 Å². The summed E-state index contributed by atoms with van der Waals surface area (Å²) in [5.74, 6) is -0.145. The summed E-state index contributed by atoms with van der Waals surface area (Å²) < 4.78 is 5.21. The standard InChI is InChI=1S/C12H18O3/c1-7(13)15-10-9(14)8-5-6-12(10,4)11(8,2)3/h8,10H,5-6H2,1-4H3/t8-,10+,12+/m0/s1. The van der Waals surface area contributed by atoms with E-state index in [2.05, 4.69) is 20.8 Å². The van der Waals surface area contributed by atoms with Gasteiger partial charge in [-0.1, -0.05) is 20.8 Å². The molecule has 2 rings (SSSR count). The zero-order valence-electron chi connectivity index (χ0n) is 9.79. The van der Waals surface area contributed by atoms with Crippen LogP contribution in [-0.2, 0) is 14.3 Å². The maximum Gasteiger partial charge on any atom is 0.303 e. The van der Waals surface area contributed by atoms with Crippen LogP contribution < -0.4 is 0 Å². The minimum Gasteiger partial charge on any atom is -0.454 e. The summed E-state index contributed by atoms with van der Waals surface area (Å²) in [7, 11) is 0. The van der Waals surface area contributed by atoms with E-state index in [1.807, 2.05) is 0 Å². The second-order valence-electron chi connectivity index (χ2n) is 5.62. The number of rotatable bonds is 1. The van der Waals surface area contributed by atoms with Crippen LogP contribution in [0.2, 0.25) is 0 Å². The Hall–Kier alpha value is -0.860. The van der Waals surface area contributed by atoms with Gasteiger partial charge in [0.2, 0.25) is 0 Å². The van der Waals surface area contributed by atoms with Crippen LogP contribution >= 0.6 is 0 Å². The van der Waals surface area contributed by atoms with Gasteiger partial charge in [-0.15, -0.1) is 0 Å². The predicted octanol–water partition coefficient (Wildman–Crippen LogP) is 1.94. The fraction of sp³-hybridized carbons (Fsp3) is 0.833. The van der Waals surface area contributed by atoms with Crippen molar-refractivity contribution in [1.82, 2.24) is 0 Å².